The number of hydrogen-bond donors (Lipinski definition) is 1. The highest BCUT2D eigenvalue weighted by Crippen LogP contribution is 2.29. The van der Waals surface area contributed by atoms with E-state index < -0.39 is 18.0 Å². The van der Waals surface area contributed by atoms with Crippen LogP contribution < -0.4 is 0 Å². The Kier molecular flexibility index (Phi) is 3.24. The highest BCUT2D eigenvalue weighted by Gasteiger charge is 2.39. The second-order valence-electron chi connectivity index (χ2n) is 4.03. The van der Waals surface area contributed by atoms with Gasteiger partial charge in [0, 0.05) is 5.56 Å². The molecule has 0 unspecified atom stereocenters. The highest BCUT2D eigenvalue weighted by molar-refractivity contribution is 6.04. The molecule has 1 aliphatic carbocycles. The summed E-state index contributed by atoms with van der Waals surface area (Å²) < 4.78 is 4.72. The van der Waals surface area contributed by atoms with Crippen LogP contribution in [0, 0.1) is 5.92 Å². The number of rotatable bonds is 3. The van der Waals surface area contributed by atoms with E-state index in [0.717, 1.165) is 5.56 Å². The fourth-order valence-corrected chi connectivity index (χ4v) is 2.11. The maximum Gasteiger partial charge on any atom is 0.335 e. The van der Waals surface area contributed by atoms with Crippen LogP contribution in [0.15, 0.2) is 24.3 Å². The largest absolute Gasteiger partial charge is 0.464 e. The molecule has 2 rings (SSSR count). The number of hydrogen-bond acceptors (Lipinski definition) is 4. The molecule has 90 valence electrons. The summed E-state index contributed by atoms with van der Waals surface area (Å²) in [6, 6.07) is 7.17. The van der Waals surface area contributed by atoms with Gasteiger partial charge in [0.05, 0.1) is 12.5 Å². The van der Waals surface area contributed by atoms with Crippen molar-refractivity contribution < 1.29 is 19.4 Å². The van der Waals surface area contributed by atoms with Crippen molar-refractivity contribution in [2.45, 2.75) is 19.4 Å². The van der Waals surface area contributed by atoms with Gasteiger partial charge in [-0.1, -0.05) is 24.3 Å². The molecule has 0 saturated carbocycles. The third-order valence-electron chi connectivity index (χ3n) is 2.97. The first-order chi connectivity index (χ1) is 8.15. The summed E-state index contributed by atoms with van der Waals surface area (Å²) in [7, 11) is 0. The van der Waals surface area contributed by atoms with Gasteiger partial charge in [-0.3, -0.25) is 4.79 Å². The average molecular weight is 234 g/mol. The number of ketones is 1. The first kappa shape index (κ1) is 11.8. The third-order valence-corrected chi connectivity index (χ3v) is 2.97. The molecule has 17 heavy (non-hydrogen) atoms. The molecular formula is C13H14O4. The van der Waals surface area contributed by atoms with Crippen LogP contribution in [0.4, 0.5) is 0 Å². The molecule has 1 aromatic carbocycles. The van der Waals surface area contributed by atoms with Crippen LogP contribution >= 0.6 is 0 Å². The van der Waals surface area contributed by atoms with E-state index in [-0.39, 0.29) is 12.4 Å². The number of fused-ring (bicyclic) bond motifs is 1. The standard InChI is InChI=1S/C13H14O4/c1-2-17-13(16)12(15)10-7-8-5-3-4-6-9(8)11(10)14/h3-6,10,12,15H,2,7H2,1H3/t10-,12+/m1/s1. The Morgan fingerprint density at radius 2 is 2.24 bits per heavy atom. The van der Waals surface area contributed by atoms with Crippen molar-refractivity contribution in [2.24, 2.45) is 5.92 Å². The summed E-state index contributed by atoms with van der Waals surface area (Å²) in [5.74, 6) is -1.61. The summed E-state index contributed by atoms with van der Waals surface area (Å²) in [5.41, 5.74) is 1.48. The molecule has 0 aromatic heterocycles. The molecule has 1 N–H and O–H groups in total. The van der Waals surface area contributed by atoms with Crippen LogP contribution in [0.25, 0.3) is 0 Å². The lowest BCUT2D eigenvalue weighted by molar-refractivity contribution is -0.155. The number of carbonyl (C=O) groups is 2. The van der Waals surface area contributed by atoms with E-state index in [9.17, 15) is 14.7 Å². The van der Waals surface area contributed by atoms with E-state index in [2.05, 4.69) is 0 Å². The minimum absolute atomic E-state index is 0.179. The van der Waals surface area contributed by atoms with Crippen LogP contribution in [0.3, 0.4) is 0 Å². The molecule has 4 nitrogen and oxygen atoms in total. The van der Waals surface area contributed by atoms with Gasteiger partial charge in [-0.15, -0.1) is 0 Å². The fraction of sp³-hybridized carbons (Fsp3) is 0.385. The number of aliphatic hydroxyl groups excluding tert-OH is 1. The lowest BCUT2D eigenvalue weighted by Gasteiger charge is -2.14. The maximum absolute atomic E-state index is 12.0. The SMILES string of the molecule is CCOC(=O)[C@@H](O)[C@@H]1Cc2ccccc2C1=O. The van der Waals surface area contributed by atoms with Gasteiger partial charge in [0.2, 0.25) is 0 Å². The average Bonchev–Trinajstić information content (AvgIpc) is 2.67. The Hall–Kier alpha value is -1.68. The summed E-state index contributed by atoms with van der Waals surface area (Å²) in [6.45, 7) is 1.86. The molecule has 1 aromatic rings. The van der Waals surface area contributed by atoms with Gasteiger partial charge in [-0.2, -0.15) is 0 Å². The van der Waals surface area contributed by atoms with Gasteiger partial charge in [0.15, 0.2) is 11.9 Å². The van der Waals surface area contributed by atoms with Gasteiger partial charge >= 0.3 is 5.97 Å². The second-order valence-corrected chi connectivity index (χ2v) is 4.03. The molecule has 0 heterocycles. The van der Waals surface area contributed by atoms with Crippen LogP contribution in [0.2, 0.25) is 0 Å². The lowest BCUT2D eigenvalue weighted by Crippen LogP contribution is -2.34. The van der Waals surface area contributed by atoms with Gasteiger partial charge < -0.3 is 9.84 Å². The van der Waals surface area contributed by atoms with Crippen LogP contribution in [0.1, 0.15) is 22.8 Å². The van der Waals surface area contributed by atoms with Crippen molar-refractivity contribution in [3.05, 3.63) is 35.4 Å². The quantitative estimate of drug-likeness (QED) is 0.791. The first-order valence-electron chi connectivity index (χ1n) is 5.62. The third kappa shape index (κ3) is 2.08. The monoisotopic (exact) mass is 234 g/mol. The number of aliphatic hydroxyl groups is 1. The minimum Gasteiger partial charge on any atom is -0.464 e. The summed E-state index contributed by atoms with van der Waals surface area (Å²) >= 11 is 0. The molecule has 0 amide bonds. The number of carbonyl (C=O) groups excluding carboxylic acids is 2. The van der Waals surface area contributed by atoms with Crippen molar-refractivity contribution in [1.29, 1.82) is 0 Å². The molecule has 0 bridgehead atoms. The Balaban J connectivity index is 2.17. The number of benzene rings is 1. The van der Waals surface area contributed by atoms with Crippen molar-refractivity contribution >= 4 is 11.8 Å². The van der Waals surface area contributed by atoms with E-state index in [1.165, 1.54) is 0 Å². The number of Topliss-reactive ketones (excluding diaryl/α,β-unsaturated/α-hetero) is 1. The van der Waals surface area contributed by atoms with E-state index in [1.807, 2.05) is 12.1 Å². The summed E-state index contributed by atoms with van der Waals surface area (Å²) in [4.78, 5) is 23.4. The Labute approximate surface area is 99.2 Å². The predicted octanol–water partition coefficient (Wildman–Crippen LogP) is 0.966. The molecule has 0 aliphatic heterocycles. The van der Waals surface area contributed by atoms with Gasteiger partial charge in [-0.05, 0) is 18.9 Å². The molecular weight excluding hydrogens is 220 g/mol. The van der Waals surface area contributed by atoms with Crippen molar-refractivity contribution in [1.82, 2.24) is 0 Å². The molecule has 2 atom stereocenters. The molecule has 1 aliphatic rings. The Morgan fingerprint density at radius 3 is 2.88 bits per heavy atom. The zero-order chi connectivity index (χ0) is 12.4. The lowest BCUT2D eigenvalue weighted by atomic mass is 9.98. The zero-order valence-electron chi connectivity index (χ0n) is 9.55. The first-order valence-corrected chi connectivity index (χ1v) is 5.62. The molecule has 0 fully saturated rings. The van der Waals surface area contributed by atoms with Gasteiger partial charge in [-0.25, -0.2) is 4.79 Å². The highest BCUT2D eigenvalue weighted by atomic mass is 16.5. The van der Waals surface area contributed by atoms with E-state index >= 15 is 0 Å². The topological polar surface area (TPSA) is 63.6 Å². The van der Waals surface area contributed by atoms with Crippen LogP contribution in [0.5, 0.6) is 0 Å². The molecule has 0 radical (unpaired) electrons. The molecule has 0 spiro atoms. The smallest absolute Gasteiger partial charge is 0.335 e. The second kappa shape index (κ2) is 4.67. The fourth-order valence-electron chi connectivity index (χ4n) is 2.11. The Morgan fingerprint density at radius 1 is 1.53 bits per heavy atom. The van der Waals surface area contributed by atoms with E-state index in [0.29, 0.717) is 12.0 Å². The normalized spacial score (nSPS) is 19.9. The van der Waals surface area contributed by atoms with Crippen LogP contribution in [-0.2, 0) is 16.0 Å². The number of esters is 1. The minimum atomic E-state index is -1.37. The van der Waals surface area contributed by atoms with Gasteiger partial charge in [0.25, 0.3) is 0 Å². The zero-order valence-corrected chi connectivity index (χ0v) is 9.55. The van der Waals surface area contributed by atoms with E-state index in [1.54, 1.807) is 19.1 Å². The Bertz CT molecular complexity index is 452. The predicted molar refractivity (Wildman–Crippen MR) is 60.6 cm³/mol. The van der Waals surface area contributed by atoms with Crippen molar-refractivity contribution in [3.63, 3.8) is 0 Å². The van der Waals surface area contributed by atoms with Crippen molar-refractivity contribution in [3.8, 4) is 0 Å². The van der Waals surface area contributed by atoms with Crippen molar-refractivity contribution in [2.75, 3.05) is 6.61 Å². The maximum atomic E-state index is 12.0. The molecule has 4 heteroatoms. The summed E-state index contributed by atoms with van der Waals surface area (Å²) in [5, 5.41) is 9.80. The van der Waals surface area contributed by atoms with Gasteiger partial charge in [0.1, 0.15) is 0 Å². The van der Waals surface area contributed by atoms with Crippen LogP contribution in [-0.4, -0.2) is 29.6 Å². The number of ether oxygens (including phenoxy) is 1. The molecule has 0 saturated heterocycles. The van der Waals surface area contributed by atoms with E-state index in [4.69, 9.17) is 4.74 Å². The summed E-state index contributed by atoms with van der Waals surface area (Å²) in [6.07, 6.45) is -0.968.